The van der Waals surface area contributed by atoms with Gasteiger partial charge in [-0.05, 0) is 18.1 Å². The Hall–Kier alpha value is -3.02. The van der Waals surface area contributed by atoms with Crippen molar-refractivity contribution in [3.8, 4) is 17.2 Å². The molecule has 148 valence electrons. The Bertz CT molecular complexity index is 830. The summed E-state index contributed by atoms with van der Waals surface area (Å²) < 4.78 is 17.2. The van der Waals surface area contributed by atoms with Gasteiger partial charge in [0.05, 0.1) is 18.6 Å². The normalized spacial score (nSPS) is 15.5. The van der Waals surface area contributed by atoms with Crippen LogP contribution in [0, 0.1) is 0 Å². The van der Waals surface area contributed by atoms with Crippen molar-refractivity contribution in [3.63, 3.8) is 0 Å². The molecule has 2 aromatic carbocycles. The first-order chi connectivity index (χ1) is 13.6. The molecule has 1 aliphatic heterocycles. The SMILES string of the molecule is CCCCCOc1cc2c(cc1OCC(=O)O)OC(c1ccccc1)CC2=O. The van der Waals surface area contributed by atoms with Crippen molar-refractivity contribution < 1.29 is 28.9 Å². The molecule has 0 aliphatic carbocycles. The topological polar surface area (TPSA) is 82.1 Å². The molecule has 1 atom stereocenters. The van der Waals surface area contributed by atoms with Gasteiger partial charge in [0.15, 0.2) is 23.9 Å². The lowest BCUT2D eigenvalue weighted by Gasteiger charge is -2.26. The van der Waals surface area contributed by atoms with E-state index in [0.29, 0.717) is 23.7 Å². The predicted molar refractivity (Wildman–Crippen MR) is 103 cm³/mol. The van der Waals surface area contributed by atoms with Crippen LogP contribution in [-0.2, 0) is 4.79 Å². The number of carbonyl (C=O) groups excluding carboxylic acids is 1. The molecule has 0 aromatic heterocycles. The molecule has 2 aromatic rings. The van der Waals surface area contributed by atoms with E-state index in [0.717, 1.165) is 24.8 Å². The van der Waals surface area contributed by atoms with E-state index >= 15 is 0 Å². The highest BCUT2D eigenvalue weighted by molar-refractivity contribution is 6.00. The lowest BCUT2D eigenvalue weighted by atomic mass is 9.96. The first-order valence-electron chi connectivity index (χ1n) is 9.48. The fourth-order valence-corrected chi connectivity index (χ4v) is 3.08. The lowest BCUT2D eigenvalue weighted by molar-refractivity contribution is -0.139. The number of ether oxygens (including phenoxy) is 3. The monoisotopic (exact) mass is 384 g/mol. The molecule has 0 radical (unpaired) electrons. The molecule has 0 saturated heterocycles. The van der Waals surface area contributed by atoms with Gasteiger partial charge in [-0.3, -0.25) is 4.79 Å². The molecule has 28 heavy (non-hydrogen) atoms. The van der Waals surface area contributed by atoms with E-state index in [9.17, 15) is 9.59 Å². The average Bonchev–Trinajstić information content (AvgIpc) is 2.70. The minimum Gasteiger partial charge on any atom is -0.490 e. The van der Waals surface area contributed by atoms with Crippen LogP contribution in [0.3, 0.4) is 0 Å². The average molecular weight is 384 g/mol. The first-order valence-corrected chi connectivity index (χ1v) is 9.48. The number of unbranched alkanes of at least 4 members (excludes halogenated alkanes) is 2. The van der Waals surface area contributed by atoms with Crippen LogP contribution in [0.1, 0.15) is 54.6 Å². The Morgan fingerprint density at radius 3 is 2.61 bits per heavy atom. The van der Waals surface area contributed by atoms with Crippen LogP contribution in [0.25, 0.3) is 0 Å². The molecule has 0 spiro atoms. The summed E-state index contributed by atoms with van der Waals surface area (Å²) in [5, 5.41) is 8.93. The van der Waals surface area contributed by atoms with Gasteiger partial charge in [0, 0.05) is 6.07 Å². The molecule has 0 bridgehead atoms. The zero-order chi connectivity index (χ0) is 19.9. The number of rotatable bonds is 9. The minimum atomic E-state index is -1.09. The quantitative estimate of drug-likeness (QED) is 0.644. The summed E-state index contributed by atoms with van der Waals surface area (Å²) in [6.07, 6.45) is 2.80. The van der Waals surface area contributed by atoms with E-state index in [-0.39, 0.29) is 24.1 Å². The van der Waals surface area contributed by atoms with Crippen molar-refractivity contribution >= 4 is 11.8 Å². The van der Waals surface area contributed by atoms with Gasteiger partial charge in [-0.15, -0.1) is 0 Å². The first kappa shape index (κ1) is 19.7. The van der Waals surface area contributed by atoms with E-state index in [1.807, 2.05) is 30.3 Å². The van der Waals surface area contributed by atoms with Crippen molar-refractivity contribution in [2.24, 2.45) is 0 Å². The van der Waals surface area contributed by atoms with Crippen LogP contribution >= 0.6 is 0 Å². The second-order valence-electron chi connectivity index (χ2n) is 6.68. The fourth-order valence-electron chi connectivity index (χ4n) is 3.08. The van der Waals surface area contributed by atoms with Crippen molar-refractivity contribution in [2.45, 2.75) is 38.7 Å². The highest BCUT2D eigenvalue weighted by Crippen LogP contribution is 2.41. The third-order valence-corrected chi connectivity index (χ3v) is 4.51. The minimum absolute atomic E-state index is 0.0432. The summed E-state index contributed by atoms with van der Waals surface area (Å²) in [6, 6.07) is 12.7. The lowest BCUT2D eigenvalue weighted by Crippen LogP contribution is -2.21. The van der Waals surface area contributed by atoms with Crippen molar-refractivity contribution in [1.82, 2.24) is 0 Å². The third kappa shape index (κ3) is 4.82. The highest BCUT2D eigenvalue weighted by atomic mass is 16.5. The number of carbonyl (C=O) groups is 2. The van der Waals surface area contributed by atoms with Crippen LogP contribution in [0.15, 0.2) is 42.5 Å². The number of benzene rings is 2. The second-order valence-corrected chi connectivity index (χ2v) is 6.68. The van der Waals surface area contributed by atoms with Crippen molar-refractivity contribution in [3.05, 3.63) is 53.6 Å². The maximum Gasteiger partial charge on any atom is 0.341 e. The van der Waals surface area contributed by atoms with Gasteiger partial charge in [0.25, 0.3) is 0 Å². The molecular weight excluding hydrogens is 360 g/mol. The Morgan fingerprint density at radius 2 is 1.89 bits per heavy atom. The van der Waals surface area contributed by atoms with Crippen molar-refractivity contribution in [2.75, 3.05) is 13.2 Å². The van der Waals surface area contributed by atoms with Crippen LogP contribution in [0.2, 0.25) is 0 Å². The van der Waals surface area contributed by atoms with E-state index < -0.39 is 12.6 Å². The molecule has 6 heteroatoms. The zero-order valence-corrected chi connectivity index (χ0v) is 15.8. The number of carboxylic acids is 1. The Labute approximate surface area is 164 Å². The molecule has 1 heterocycles. The zero-order valence-electron chi connectivity index (χ0n) is 15.8. The van der Waals surface area contributed by atoms with E-state index in [1.54, 1.807) is 12.1 Å². The summed E-state index contributed by atoms with van der Waals surface area (Å²) >= 11 is 0. The summed E-state index contributed by atoms with van der Waals surface area (Å²) in [7, 11) is 0. The smallest absolute Gasteiger partial charge is 0.341 e. The van der Waals surface area contributed by atoms with Crippen LogP contribution in [-0.4, -0.2) is 30.1 Å². The molecule has 6 nitrogen and oxygen atoms in total. The predicted octanol–water partition coefficient (Wildman–Crippen LogP) is 4.43. The molecule has 1 N–H and O–H groups in total. The number of hydrogen-bond acceptors (Lipinski definition) is 5. The highest BCUT2D eigenvalue weighted by Gasteiger charge is 2.29. The van der Waals surface area contributed by atoms with Gasteiger partial charge in [-0.2, -0.15) is 0 Å². The molecule has 1 aliphatic rings. The number of hydrogen-bond donors (Lipinski definition) is 1. The number of fused-ring (bicyclic) bond motifs is 1. The van der Waals surface area contributed by atoms with E-state index in [1.165, 1.54) is 0 Å². The third-order valence-electron chi connectivity index (χ3n) is 4.51. The molecule has 3 rings (SSSR count). The van der Waals surface area contributed by atoms with Crippen LogP contribution in [0.5, 0.6) is 17.2 Å². The van der Waals surface area contributed by atoms with Gasteiger partial charge in [-0.25, -0.2) is 4.79 Å². The van der Waals surface area contributed by atoms with Crippen LogP contribution < -0.4 is 14.2 Å². The van der Waals surface area contributed by atoms with E-state index in [2.05, 4.69) is 6.92 Å². The summed E-state index contributed by atoms with van der Waals surface area (Å²) in [5.41, 5.74) is 1.34. The Balaban J connectivity index is 1.86. The number of carboxylic acid groups (broad SMARTS) is 1. The molecule has 0 saturated carbocycles. The molecule has 1 unspecified atom stereocenters. The van der Waals surface area contributed by atoms with Gasteiger partial charge in [0.2, 0.25) is 0 Å². The van der Waals surface area contributed by atoms with Crippen molar-refractivity contribution in [1.29, 1.82) is 0 Å². The van der Waals surface area contributed by atoms with Gasteiger partial charge < -0.3 is 19.3 Å². The van der Waals surface area contributed by atoms with Gasteiger partial charge in [0.1, 0.15) is 11.9 Å². The van der Waals surface area contributed by atoms with Gasteiger partial charge in [-0.1, -0.05) is 50.1 Å². The number of aliphatic carboxylic acids is 1. The standard InChI is InChI=1S/C22H24O6/c1-2-3-7-10-26-20-11-16-17(23)12-18(15-8-5-4-6-9-15)28-19(16)13-21(20)27-14-22(24)25/h4-6,8-9,11,13,18H,2-3,7,10,12,14H2,1H3,(H,24,25). The number of ketones is 1. The molecule has 0 fully saturated rings. The summed E-state index contributed by atoms with van der Waals surface area (Å²) in [4.78, 5) is 23.6. The molecule has 0 amide bonds. The van der Waals surface area contributed by atoms with Crippen LogP contribution in [0.4, 0.5) is 0 Å². The van der Waals surface area contributed by atoms with Gasteiger partial charge >= 0.3 is 5.97 Å². The Kier molecular flexibility index (Phi) is 6.53. The number of Topliss-reactive ketones (excluding diaryl/α,β-unsaturated/α-hetero) is 1. The Morgan fingerprint density at radius 1 is 1.14 bits per heavy atom. The maximum absolute atomic E-state index is 12.7. The molecular formula is C22H24O6. The maximum atomic E-state index is 12.7. The second kappa shape index (κ2) is 9.26. The summed E-state index contributed by atoms with van der Waals surface area (Å²) in [5.74, 6) is -0.121. The largest absolute Gasteiger partial charge is 0.490 e. The van der Waals surface area contributed by atoms with E-state index in [4.69, 9.17) is 19.3 Å². The summed E-state index contributed by atoms with van der Waals surface area (Å²) in [6.45, 7) is 2.07. The fraction of sp³-hybridized carbons (Fsp3) is 0.364.